The fourth-order valence-electron chi connectivity index (χ4n) is 1.96. The van der Waals surface area contributed by atoms with Crippen LogP contribution in [0, 0.1) is 0 Å². The molecule has 0 aliphatic heterocycles. The molecule has 0 radical (unpaired) electrons. The highest BCUT2D eigenvalue weighted by Gasteiger charge is 2.17. The van der Waals surface area contributed by atoms with Gasteiger partial charge in [-0.3, -0.25) is 4.79 Å². The normalized spacial score (nSPS) is 12.1. The zero-order chi connectivity index (χ0) is 14.5. The summed E-state index contributed by atoms with van der Waals surface area (Å²) in [4.78, 5) is 13.8. The van der Waals surface area contributed by atoms with E-state index in [-0.39, 0.29) is 24.1 Å². The van der Waals surface area contributed by atoms with Gasteiger partial charge in [-0.25, -0.2) is 0 Å². The highest BCUT2D eigenvalue weighted by molar-refractivity contribution is 5.78. The number of amides is 1. The summed E-state index contributed by atoms with van der Waals surface area (Å²) < 4.78 is 4.72. The lowest BCUT2D eigenvalue weighted by molar-refractivity contribution is -0.131. The van der Waals surface area contributed by atoms with Crippen molar-refractivity contribution in [3.8, 4) is 5.75 Å². The van der Waals surface area contributed by atoms with Gasteiger partial charge in [-0.05, 0) is 31.0 Å². The molecule has 0 unspecified atom stereocenters. The summed E-state index contributed by atoms with van der Waals surface area (Å²) in [6.07, 6.45) is 2.44. The molecule has 0 aliphatic carbocycles. The topological polar surface area (TPSA) is 66.6 Å². The molecule has 20 heavy (non-hydrogen) atoms. The molecule has 0 saturated heterocycles. The first kappa shape index (κ1) is 14.1. The minimum atomic E-state index is 0.00479. The second kappa shape index (κ2) is 6.23. The van der Waals surface area contributed by atoms with E-state index in [1.165, 1.54) is 6.26 Å². The molecule has 0 fully saturated rings. The standard InChI is InChI=1S/C15H18N2O3/c1-11(9-12-3-5-14(18)6-4-12)17(2)15(19)10-13-7-8-20-16-13/h3-8,11,18H,9-10H2,1-2H3/t11-/m1/s1. The molecule has 1 amide bonds. The van der Waals surface area contributed by atoms with E-state index in [2.05, 4.69) is 5.16 Å². The maximum Gasteiger partial charge on any atom is 0.228 e. The summed E-state index contributed by atoms with van der Waals surface area (Å²) in [6.45, 7) is 1.99. The summed E-state index contributed by atoms with van der Waals surface area (Å²) in [5.41, 5.74) is 1.72. The van der Waals surface area contributed by atoms with Gasteiger partial charge in [0.05, 0.1) is 12.1 Å². The number of aromatic hydroxyl groups is 1. The van der Waals surface area contributed by atoms with E-state index in [1.54, 1.807) is 30.1 Å². The number of nitrogens with zero attached hydrogens (tertiary/aromatic N) is 2. The van der Waals surface area contributed by atoms with Crippen LogP contribution in [0.4, 0.5) is 0 Å². The Hall–Kier alpha value is -2.30. The molecule has 106 valence electrons. The molecule has 1 aromatic carbocycles. The van der Waals surface area contributed by atoms with Gasteiger partial charge >= 0.3 is 0 Å². The summed E-state index contributed by atoms with van der Waals surface area (Å²) in [6, 6.07) is 8.79. The average Bonchev–Trinajstić information content (AvgIpc) is 2.93. The van der Waals surface area contributed by atoms with Crippen molar-refractivity contribution < 1.29 is 14.4 Å². The summed E-state index contributed by atoms with van der Waals surface area (Å²) >= 11 is 0. The van der Waals surface area contributed by atoms with Crippen LogP contribution in [0.25, 0.3) is 0 Å². The lowest BCUT2D eigenvalue weighted by Crippen LogP contribution is -2.37. The minimum absolute atomic E-state index is 0.00479. The molecule has 2 aromatic rings. The number of phenolic OH excluding ortho intramolecular Hbond substituents is 1. The largest absolute Gasteiger partial charge is 0.508 e. The fraction of sp³-hybridized carbons (Fsp3) is 0.333. The van der Waals surface area contributed by atoms with Crippen molar-refractivity contribution in [2.24, 2.45) is 0 Å². The molecule has 5 nitrogen and oxygen atoms in total. The smallest absolute Gasteiger partial charge is 0.228 e. The van der Waals surface area contributed by atoms with Crippen molar-refractivity contribution in [1.29, 1.82) is 0 Å². The molecule has 2 rings (SSSR count). The molecule has 1 N–H and O–H groups in total. The highest BCUT2D eigenvalue weighted by Crippen LogP contribution is 2.13. The van der Waals surface area contributed by atoms with E-state index in [0.29, 0.717) is 5.69 Å². The first-order valence-electron chi connectivity index (χ1n) is 6.49. The maximum atomic E-state index is 12.1. The van der Waals surface area contributed by atoms with Gasteiger partial charge in [0, 0.05) is 19.2 Å². The van der Waals surface area contributed by atoms with Gasteiger partial charge in [0.1, 0.15) is 12.0 Å². The summed E-state index contributed by atoms with van der Waals surface area (Å²) in [5, 5.41) is 13.0. The van der Waals surface area contributed by atoms with Crippen LogP contribution in [-0.4, -0.2) is 34.2 Å². The van der Waals surface area contributed by atoms with Crippen LogP contribution >= 0.6 is 0 Å². The Morgan fingerprint density at radius 2 is 2.05 bits per heavy atom. The zero-order valence-corrected chi connectivity index (χ0v) is 11.6. The number of likely N-dealkylation sites (N-methyl/N-ethyl adjacent to an activating group) is 1. The predicted octanol–water partition coefficient (Wildman–Crippen LogP) is 2.01. The number of hydrogen-bond acceptors (Lipinski definition) is 4. The third kappa shape index (κ3) is 3.60. The Balaban J connectivity index is 1.92. The number of phenols is 1. The van der Waals surface area contributed by atoms with Gasteiger partial charge in [-0.1, -0.05) is 17.3 Å². The van der Waals surface area contributed by atoms with Crippen LogP contribution in [0.3, 0.4) is 0 Å². The number of carbonyl (C=O) groups is 1. The molecule has 1 heterocycles. The van der Waals surface area contributed by atoms with Gasteiger partial charge in [0.15, 0.2) is 0 Å². The SMILES string of the molecule is C[C@H](Cc1ccc(O)cc1)N(C)C(=O)Cc1ccon1. The molecule has 5 heteroatoms. The van der Waals surface area contributed by atoms with Gasteiger partial charge in [0.2, 0.25) is 5.91 Å². The molecular weight excluding hydrogens is 256 g/mol. The van der Waals surface area contributed by atoms with Crippen molar-refractivity contribution in [2.75, 3.05) is 7.05 Å². The van der Waals surface area contributed by atoms with E-state index < -0.39 is 0 Å². The first-order chi connectivity index (χ1) is 9.56. The Labute approximate surface area is 117 Å². The van der Waals surface area contributed by atoms with Crippen molar-refractivity contribution in [3.63, 3.8) is 0 Å². The number of hydrogen-bond donors (Lipinski definition) is 1. The number of aromatic nitrogens is 1. The van der Waals surface area contributed by atoms with Crippen molar-refractivity contribution in [2.45, 2.75) is 25.8 Å². The van der Waals surface area contributed by atoms with Crippen molar-refractivity contribution >= 4 is 5.91 Å². The van der Waals surface area contributed by atoms with E-state index in [0.717, 1.165) is 12.0 Å². The lowest BCUT2D eigenvalue weighted by Gasteiger charge is -2.25. The number of rotatable bonds is 5. The molecule has 0 spiro atoms. The van der Waals surface area contributed by atoms with E-state index >= 15 is 0 Å². The third-order valence-electron chi connectivity index (χ3n) is 3.35. The van der Waals surface area contributed by atoms with Crippen LogP contribution in [0.1, 0.15) is 18.2 Å². The van der Waals surface area contributed by atoms with Crippen LogP contribution in [0.5, 0.6) is 5.75 Å². The maximum absolute atomic E-state index is 12.1. The van der Waals surface area contributed by atoms with Gasteiger partial charge < -0.3 is 14.5 Å². The predicted molar refractivity (Wildman–Crippen MR) is 74.2 cm³/mol. The van der Waals surface area contributed by atoms with Gasteiger partial charge in [-0.2, -0.15) is 0 Å². The van der Waals surface area contributed by atoms with Crippen LogP contribution in [0.2, 0.25) is 0 Å². The van der Waals surface area contributed by atoms with Crippen molar-refractivity contribution in [1.82, 2.24) is 10.1 Å². The Bertz CT molecular complexity index is 549. The van der Waals surface area contributed by atoms with E-state index in [4.69, 9.17) is 4.52 Å². The summed E-state index contributed by atoms with van der Waals surface area (Å²) in [7, 11) is 1.79. The van der Waals surface area contributed by atoms with Crippen LogP contribution in [0.15, 0.2) is 41.1 Å². The number of carbonyl (C=O) groups excluding carboxylic acids is 1. The molecule has 1 aromatic heterocycles. The molecular formula is C15H18N2O3. The third-order valence-corrected chi connectivity index (χ3v) is 3.35. The van der Waals surface area contributed by atoms with Crippen molar-refractivity contribution in [3.05, 3.63) is 47.9 Å². The number of benzene rings is 1. The van der Waals surface area contributed by atoms with E-state index in [1.807, 2.05) is 19.1 Å². The highest BCUT2D eigenvalue weighted by atomic mass is 16.5. The first-order valence-corrected chi connectivity index (χ1v) is 6.49. The molecule has 1 atom stereocenters. The molecule has 0 bridgehead atoms. The molecule has 0 saturated carbocycles. The van der Waals surface area contributed by atoms with E-state index in [9.17, 15) is 9.90 Å². The fourth-order valence-corrected chi connectivity index (χ4v) is 1.96. The quantitative estimate of drug-likeness (QED) is 0.905. The Kier molecular flexibility index (Phi) is 4.40. The molecule has 0 aliphatic rings. The Morgan fingerprint density at radius 3 is 2.65 bits per heavy atom. The lowest BCUT2D eigenvalue weighted by atomic mass is 10.1. The van der Waals surface area contributed by atoms with Crippen LogP contribution < -0.4 is 0 Å². The van der Waals surface area contributed by atoms with Gasteiger partial charge in [0.25, 0.3) is 0 Å². The summed E-state index contributed by atoms with van der Waals surface area (Å²) in [5.74, 6) is 0.252. The zero-order valence-electron chi connectivity index (χ0n) is 11.6. The second-order valence-electron chi connectivity index (χ2n) is 4.89. The second-order valence-corrected chi connectivity index (χ2v) is 4.89. The Morgan fingerprint density at radius 1 is 1.35 bits per heavy atom. The van der Waals surface area contributed by atoms with Crippen LogP contribution in [-0.2, 0) is 17.6 Å². The van der Waals surface area contributed by atoms with Gasteiger partial charge in [-0.15, -0.1) is 0 Å². The monoisotopic (exact) mass is 274 g/mol. The average molecular weight is 274 g/mol. The minimum Gasteiger partial charge on any atom is -0.508 e.